The highest BCUT2D eigenvalue weighted by molar-refractivity contribution is 5.91. The molecule has 0 fully saturated rings. The number of hydrogen-bond acceptors (Lipinski definition) is 3. The summed E-state index contributed by atoms with van der Waals surface area (Å²) in [5, 5.41) is 10.6. The highest BCUT2D eigenvalue weighted by Gasteiger charge is 2.35. The molecule has 1 rings (SSSR count). The van der Waals surface area contributed by atoms with Crippen molar-refractivity contribution in [2.24, 2.45) is 0 Å². The molecule has 5 nitrogen and oxygen atoms in total. The summed E-state index contributed by atoms with van der Waals surface area (Å²) in [4.78, 5) is 21.5. The number of furan rings is 1. The van der Waals surface area contributed by atoms with Gasteiger partial charge in [-0.05, 0) is 18.6 Å². The number of carbonyl (C=O) groups excluding carboxylic acids is 1. The van der Waals surface area contributed by atoms with Gasteiger partial charge < -0.3 is 14.8 Å². The second-order valence-corrected chi connectivity index (χ2v) is 3.41. The van der Waals surface area contributed by atoms with Crippen molar-refractivity contribution in [3.63, 3.8) is 0 Å². The number of carboxylic acid groups (broad SMARTS) is 1. The average molecular weight is 265 g/mol. The van der Waals surface area contributed by atoms with E-state index in [0.29, 0.717) is 6.07 Å². The molecule has 1 aromatic heterocycles. The summed E-state index contributed by atoms with van der Waals surface area (Å²) in [5.41, 5.74) is 0. The fraction of sp³-hybridized carbons (Fsp3) is 0.400. The number of rotatable bonds is 5. The summed E-state index contributed by atoms with van der Waals surface area (Å²) in [6.07, 6.45) is -4.58. The standard InChI is InChI=1S/C10H10F3NO4/c11-10(12,13)7-4-3-6(18-7)9(17)14-5-1-2-8(15)16/h3-4H,1-2,5H2,(H,14,17)(H,15,16). The smallest absolute Gasteiger partial charge is 0.449 e. The van der Waals surface area contributed by atoms with Crippen LogP contribution in [0.5, 0.6) is 0 Å². The molecule has 100 valence electrons. The maximum Gasteiger partial charge on any atom is 0.449 e. The Bertz CT molecular complexity index is 439. The van der Waals surface area contributed by atoms with Crippen LogP contribution >= 0.6 is 0 Å². The van der Waals surface area contributed by atoms with E-state index in [1.165, 1.54) is 0 Å². The Morgan fingerprint density at radius 3 is 2.50 bits per heavy atom. The quantitative estimate of drug-likeness (QED) is 0.797. The molecular formula is C10H10F3NO4. The van der Waals surface area contributed by atoms with Crippen LogP contribution in [-0.4, -0.2) is 23.5 Å². The molecule has 0 spiro atoms. The molecule has 1 heterocycles. The Kier molecular flexibility index (Phi) is 4.35. The van der Waals surface area contributed by atoms with Gasteiger partial charge in [-0.25, -0.2) is 0 Å². The van der Waals surface area contributed by atoms with E-state index in [9.17, 15) is 22.8 Å². The molecule has 1 amide bonds. The fourth-order valence-corrected chi connectivity index (χ4v) is 1.14. The minimum Gasteiger partial charge on any atom is -0.481 e. The van der Waals surface area contributed by atoms with E-state index in [0.717, 1.165) is 6.07 Å². The van der Waals surface area contributed by atoms with Gasteiger partial charge in [0, 0.05) is 13.0 Å². The molecule has 0 atom stereocenters. The SMILES string of the molecule is O=C(O)CCCNC(=O)c1ccc(C(F)(F)F)o1. The van der Waals surface area contributed by atoms with E-state index >= 15 is 0 Å². The zero-order chi connectivity index (χ0) is 13.8. The molecule has 0 saturated heterocycles. The van der Waals surface area contributed by atoms with Crippen molar-refractivity contribution in [3.05, 3.63) is 23.7 Å². The summed E-state index contributed by atoms with van der Waals surface area (Å²) >= 11 is 0. The second-order valence-electron chi connectivity index (χ2n) is 3.41. The van der Waals surface area contributed by atoms with Crippen molar-refractivity contribution in [3.8, 4) is 0 Å². The minimum absolute atomic E-state index is 0.0488. The van der Waals surface area contributed by atoms with Crippen molar-refractivity contribution >= 4 is 11.9 Å². The van der Waals surface area contributed by atoms with Crippen molar-refractivity contribution < 1.29 is 32.3 Å². The Labute approximate surface area is 99.6 Å². The zero-order valence-corrected chi connectivity index (χ0v) is 9.08. The first-order chi connectivity index (χ1) is 8.30. The summed E-state index contributed by atoms with van der Waals surface area (Å²) < 4.78 is 40.8. The molecule has 2 N–H and O–H groups in total. The van der Waals surface area contributed by atoms with Gasteiger partial charge >= 0.3 is 12.1 Å². The van der Waals surface area contributed by atoms with Gasteiger partial charge in [-0.1, -0.05) is 0 Å². The first kappa shape index (κ1) is 14.1. The Morgan fingerprint density at radius 2 is 2.00 bits per heavy atom. The van der Waals surface area contributed by atoms with Crippen molar-refractivity contribution in [2.45, 2.75) is 19.0 Å². The van der Waals surface area contributed by atoms with Crippen LogP contribution in [0.1, 0.15) is 29.2 Å². The third-order valence-corrected chi connectivity index (χ3v) is 1.96. The number of alkyl halides is 3. The number of hydrogen-bond donors (Lipinski definition) is 2. The molecule has 0 saturated carbocycles. The summed E-state index contributed by atoms with van der Waals surface area (Å²) in [6.45, 7) is 0.0488. The minimum atomic E-state index is -4.64. The lowest BCUT2D eigenvalue weighted by Gasteiger charge is -2.02. The predicted molar refractivity (Wildman–Crippen MR) is 52.9 cm³/mol. The average Bonchev–Trinajstić information content (AvgIpc) is 2.72. The largest absolute Gasteiger partial charge is 0.481 e. The zero-order valence-electron chi connectivity index (χ0n) is 9.08. The van der Waals surface area contributed by atoms with Crippen LogP contribution in [0.2, 0.25) is 0 Å². The molecule has 0 unspecified atom stereocenters. The van der Waals surface area contributed by atoms with Crippen LogP contribution in [0, 0.1) is 0 Å². The number of aliphatic carboxylic acids is 1. The first-order valence-electron chi connectivity index (χ1n) is 4.97. The number of carboxylic acids is 1. The van der Waals surface area contributed by atoms with Gasteiger partial charge in [-0.3, -0.25) is 9.59 Å². The van der Waals surface area contributed by atoms with Crippen LogP contribution < -0.4 is 5.32 Å². The molecule has 0 aliphatic carbocycles. The molecular weight excluding hydrogens is 255 g/mol. The first-order valence-corrected chi connectivity index (χ1v) is 4.97. The van der Waals surface area contributed by atoms with Crippen LogP contribution in [0.25, 0.3) is 0 Å². The van der Waals surface area contributed by atoms with E-state index in [1.807, 2.05) is 0 Å². The lowest BCUT2D eigenvalue weighted by molar-refractivity contribution is -0.153. The lowest BCUT2D eigenvalue weighted by Crippen LogP contribution is -2.24. The van der Waals surface area contributed by atoms with Crippen molar-refractivity contribution in [1.82, 2.24) is 5.32 Å². The van der Waals surface area contributed by atoms with Gasteiger partial charge in [0.05, 0.1) is 0 Å². The molecule has 0 aliphatic heterocycles. The number of nitrogens with one attached hydrogen (secondary N) is 1. The van der Waals surface area contributed by atoms with Crippen LogP contribution in [0.3, 0.4) is 0 Å². The van der Waals surface area contributed by atoms with Gasteiger partial charge in [-0.15, -0.1) is 0 Å². The molecule has 8 heteroatoms. The normalized spacial score (nSPS) is 11.3. The maximum atomic E-state index is 12.2. The van der Waals surface area contributed by atoms with E-state index in [-0.39, 0.29) is 19.4 Å². The number of amides is 1. The summed E-state index contributed by atoms with van der Waals surface area (Å²) in [6, 6.07) is 1.57. The number of halogens is 3. The van der Waals surface area contributed by atoms with E-state index in [2.05, 4.69) is 9.73 Å². The van der Waals surface area contributed by atoms with Crippen LogP contribution in [0.15, 0.2) is 16.5 Å². The topological polar surface area (TPSA) is 79.5 Å². The summed E-state index contributed by atoms with van der Waals surface area (Å²) in [5.74, 6) is -3.53. The summed E-state index contributed by atoms with van der Waals surface area (Å²) in [7, 11) is 0. The Morgan fingerprint density at radius 1 is 1.33 bits per heavy atom. The van der Waals surface area contributed by atoms with Crippen LogP contribution in [0.4, 0.5) is 13.2 Å². The number of carbonyl (C=O) groups is 2. The molecule has 0 bridgehead atoms. The Balaban J connectivity index is 2.47. The van der Waals surface area contributed by atoms with E-state index < -0.39 is 29.6 Å². The lowest BCUT2D eigenvalue weighted by atomic mass is 10.3. The highest BCUT2D eigenvalue weighted by Crippen LogP contribution is 2.30. The van der Waals surface area contributed by atoms with Crippen molar-refractivity contribution in [2.75, 3.05) is 6.54 Å². The molecule has 18 heavy (non-hydrogen) atoms. The molecule has 0 aromatic carbocycles. The van der Waals surface area contributed by atoms with Crippen LogP contribution in [-0.2, 0) is 11.0 Å². The predicted octanol–water partition coefficient (Wildman–Crippen LogP) is 1.89. The van der Waals surface area contributed by atoms with Gasteiger partial charge in [0.25, 0.3) is 5.91 Å². The van der Waals surface area contributed by atoms with Gasteiger partial charge in [0.1, 0.15) is 0 Å². The molecule has 0 aliphatic rings. The van der Waals surface area contributed by atoms with Gasteiger partial charge in [-0.2, -0.15) is 13.2 Å². The Hall–Kier alpha value is -1.99. The third kappa shape index (κ3) is 4.11. The van der Waals surface area contributed by atoms with E-state index in [1.54, 1.807) is 0 Å². The third-order valence-electron chi connectivity index (χ3n) is 1.96. The van der Waals surface area contributed by atoms with Crippen molar-refractivity contribution in [1.29, 1.82) is 0 Å². The molecule has 1 aromatic rings. The fourth-order valence-electron chi connectivity index (χ4n) is 1.14. The maximum absolute atomic E-state index is 12.2. The monoisotopic (exact) mass is 265 g/mol. The molecule has 0 radical (unpaired) electrons. The van der Waals surface area contributed by atoms with Gasteiger partial charge in [0.2, 0.25) is 5.76 Å². The highest BCUT2D eigenvalue weighted by atomic mass is 19.4. The van der Waals surface area contributed by atoms with Gasteiger partial charge in [0.15, 0.2) is 5.76 Å². The van der Waals surface area contributed by atoms with E-state index in [4.69, 9.17) is 5.11 Å². The second kappa shape index (κ2) is 5.56.